The van der Waals surface area contributed by atoms with Crippen molar-refractivity contribution >= 4 is 0 Å². The smallest absolute Gasteiger partial charge is 0.0997 e. The number of hydrogen-bond donors (Lipinski definition) is 1. The summed E-state index contributed by atoms with van der Waals surface area (Å²) in [6, 6.07) is 0. The monoisotopic (exact) mass is 220 g/mol. The average molecular weight is 220 g/mol. The van der Waals surface area contributed by atoms with Crippen LogP contribution in [-0.4, -0.2) is 24.4 Å². The van der Waals surface area contributed by atoms with Gasteiger partial charge < -0.3 is 9.67 Å². The largest absolute Gasteiger partial charge is 0.386 e. The topological polar surface area (TPSA) is 55.9 Å². The first-order valence-corrected chi connectivity index (χ1v) is 5.36. The molecule has 0 fully saturated rings. The van der Waals surface area contributed by atoms with Gasteiger partial charge in [-0.2, -0.15) is 5.10 Å². The van der Waals surface area contributed by atoms with Crippen molar-refractivity contribution in [2.45, 2.75) is 26.0 Å². The number of nitrogens with zero attached hydrogens (tertiary/aromatic N) is 4. The second-order valence-electron chi connectivity index (χ2n) is 3.85. The van der Waals surface area contributed by atoms with Crippen molar-refractivity contribution in [3.8, 4) is 0 Å². The van der Waals surface area contributed by atoms with Crippen LogP contribution in [0.3, 0.4) is 0 Å². The second-order valence-corrected chi connectivity index (χ2v) is 3.85. The van der Waals surface area contributed by atoms with Crippen molar-refractivity contribution in [1.82, 2.24) is 19.3 Å². The van der Waals surface area contributed by atoms with Crippen LogP contribution in [0, 0.1) is 0 Å². The normalized spacial score (nSPS) is 12.9. The molecule has 1 atom stereocenters. The number of aliphatic hydroxyl groups is 1. The summed E-state index contributed by atoms with van der Waals surface area (Å²) in [4.78, 5) is 3.99. The standard InChI is InChI=1S/C11H16N4O/c1-3-15-7-9(5-13-15)4-11(16)10-6-12-8-14(10)2/h5-8,11,16H,3-4H2,1-2H3. The van der Waals surface area contributed by atoms with Crippen LogP contribution in [0.15, 0.2) is 24.9 Å². The summed E-state index contributed by atoms with van der Waals surface area (Å²) in [6.45, 7) is 2.89. The molecule has 5 nitrogen and oxygen atoms in total. The van der Waals surface area contributed by atoms with Crippen LogP contribution >= 0.6 is 0 Å². The highest BCUT2D eigenvalue weighted by Crippen LogP contribution is 2.16. The third-order valence-electron chi connectivity index (χ3n) is 2.64. The fourth-order valence-corrected chi connectivity index (χ4v) is 1.70. The molecule has 0 aliphatic rings. The summed E-state index contributed by atoms with van der Waals surface area (Å²) >= 11 is 0. The lowest BCUT2D eigenvalue weighted by atomic mass is 10.1. The van der Waals surface area contributed by atoms with Gasteiger partial charge in [-0.25, -0.2) is 4.98 Å². The van der Waals surface area contributed by atoms with E-state index in [9.17, 15) is 5.11 Å². The molecule has 0 aliphatic carbocycles. The van der Waals surface area contributed by atoms with Gasteiger partial charge in [0.25, 0.3) is 0 Å². The fourth-order valence-electron chi connectivity index (χ4n) is 1.70. The molecule has 5 heteroatoms. The van der Waals surface area contributed by atoms with Gasteiger partial charge >= 0.3 is 0 Å². The van der Waals surface area contributed by atoms with E-state index in [4.69, 9.17) is 0 Å². The van der Waals surface area contributed by atoms with Gasteiger partial charge in [0, 0.05) is 26.2 Å². The first kappa shape index (κ1) is 10.9. The van der Waals surface area contributed by atoms with E-state index < -0.39 is 6.10 Å². The van der Waals surface area contributed by atoms with Gasteiger partial charge in [0.1, 0.15) is 0 Å². The number of hydrogen-bond acceptors (Lipinski definition) is 3. The minimum Gasteiger partial charge on any atom is -0.386 e. The Balaban J connectivity index is 2.07. The molecule has 0 saturated heterocycles. The number of aliphatic hydroxyl groups excluding tert-OH is 1. The van der Waals surface area contributed by atoms with Crippen molar-refractivity contribution in [3.05, 3.63) is 36.2 Å². The number of rotatable bonds is 4. The number of aryl methyl sites for hydroxylation is 2. The van der Waals surface area contributed by atoms with Crippen LogP contribution < -0.4 is 0 Å². The van der Waals surface area contributed by atoms with Crippen molar-refractivity contribution < 1.29 is 5.11 Å². The maximum absolute atomic E-state index is 10.0. The quantitative estimate of drug-likeness (QED) is 0.833. The van der Waals surface area contributed by atoms with E-state index in [1.807, 2.05) is 29.4 Å². The van der Waals surface area contributed by atoms with Gasteiger partial charge in [0.2, 0.25) is 0 Å². The molecule has 0 saturated carbocycles. The summed E-state index contributed by atoms with van der Waals surface area (Å²) in [5.74, 6) is 0. The molecule has 0 aliphatic heterocycles. The first-order chi connectivity index (χ1) is 7.70. The summed E-state index contributed by atoms with van der Waals surface area (Å²) in [5, 5.41) is 14.2. The third-order valence-corrected chi connectivity index (χ3v) is 2.64. The van der Waals surface area contributed by atoms with Gasteiger partial charge in [-0.15, -0.1) is 0 Å². The molecule has 0 spiro atoms. The van der Waals surface area contributed by atoms with Gasteiger partial charge in [-0.1, -0.05) is 0 Å². The van der Waals surface area contributed by atoms with Crippen molar-refractivity contribution in [2.24, 2.45) is 7.05 Å². The molecule has 2 rings (SSSR count). The highest BCUT2D eigenvalue weighted by atomic mass is 16.3. The maximum Gasteiger partial charge on any atom is 0.0997 e. The SMILES string of the molecule is CCn1cc(CC(O)c2cncn2C)cn1. The summed E-state index contributed by atoms with van der Waals surface area (Å²) in [5.41, 5.74) is 1.86. The zero-order chi connectivity index (χ0) is 11.5. The van der Waals surface area contributed by atoms with Gasteiger partial charge in [-0.3, -0.25) is 4.68 Å². The van der Waals surface area contributed by atoms with Crippen LogP contribution in [0.1, 0.15) is 24.3 Å². The Morgan fingerprint density at radius 1 is 1.44 bits per heavy atom. The van der Waals surface area contributed by atoms with E-state index >= 15 is 0 Å². The van der Waals surface area contributed by atoms with E-state index in [1.165, 1.54) is 0 Å². The molecule has 0 bridgehead atoms. The molecular weight excluding hydrogens is 204 g/mol. The fraction of sp³-hybridized carbons (Fsp3) is 0.455. The number of imidazole rings is 1. The molecule has 0 aromatic carbocycles. The highest BCUT2D eigenvalue weighted by molar-refractivity contribution is 5.11. The molecule has 1 unspecified atom stereocenters. The molecule has 2 aromatic rings. The Bertz CT molecular complexity index is 460. The van der Waals surface area contributed by atoms with E-state index in [1.54, 1.807) is 18.7 Å². The zero-order valence-corrected chi connectivity index (χ0v) is 9.54. The molecular formula is C11H16N4O. The Hall–Kier alpha value is -1.62. The number of aromatic nitrogens is 4. The summed E-state index contributed by atoms with van der Waals surface area (Å²) < 4.78 is 3.68. The van der Waals surface area contributed by atoms with E-state index in [-0.39, 0.29) is 0 Å². The summed E-state index contributed by atoms with van der Waals surface area (Å²) in [7, 11) is 1.88. The minimum atomic E-state index is -0.526. The minimum absolute atomic E-state index is 0.526. The molecule has 1 N–H and O–H groups in total. The van der Waals surface area contributed by atoms with Crippen LogP contribution in [0.5, 0.6) is 0 Å². The first-order valence-electron chi connectivity index (χ1n) is 5.36. The van der Waals surface area contributed by atoms with E-state index in [0.717, 1.165) is 17.8 Å². The predicted octanol–water partition coefficient (Wildman–Crippen LogP) is 0.913. The Labute approximate surface area is 94.4 Å². The van der Waals surface area contributed by atoms with E-state index in [2.05, 4.69) is 10.1 Å². The maximum atomic E-state index is 10.0. The Morgan fingerprint density at radius 2 is 2.25 bits per heavy atom. The van der Waals surface area contributed by atoms with E-state index in [0.29, 0.717) is 6.42 Å². The Kier molecular flexibility index (Phi) is 3.05. The lowest BCUT2D eigenvalue weighted by Crippen LogP contribution is -2.06. The summed E-state index contributed by atoms with van der Waals surface area (Å²) in [6.07, 6.45) is 7.17. The average Bonchev–Trinajstić information content (AvgIpc) is 2.86. The Morgan fingerprint density at radius 3 is 2.81 bits per heavy atom. The van der Waals surface area contributed by atoms with Gasteiger partial charge in [0.05, 0.1) is 30.5 Å². The van der Waals surface area contributed by atoms with Crippen molar-refractivity contribution in [3.63, 3.8) is 0 Å². The molecule has 2 heterocycles. The van der Waals surface area contributed by atoms with Crippen molar-refractivity contribution in [1.29, 1.82) is 0 Å². The van der Waals surface area contributed by atoms with Crippen molar-refractivity contribution in [2.75, 3.05) is 0 Å². The second kappa shape index (κ2) is 4.49. The highest BCUT2D eigenvalue weighted by Gasteiger charge is 2.12. The van der Waals surface area contributed by atoms with Crippen LogP contribution in [-0.2, 0) is 20.0 Å². The lowest BCUT2D eigenvalue weighted by Gasteiger charge is -2.09. The predicted molar refractivity (Wildman–Crippen MR) is 59.8 cm³/mol. The van der Waals surface area contributed by atoms with Gasteiger partial charge in [0.15, 0.2) is 0 Å². The van der Waals surface area contributed by atoms with Crippen LogP contribution in [0.25, 0.3) is 0 Å². The third kappa shape index (κ3) is 2.14. The lowest BCUT2D eigenvalue weighted by molar-refractivity contribution is 0.170. The van der Waals surface area contributed by atoms with Crippen LogP contribution in [0.4, 0.5) is 0 Å². The molecule has 86 valence electrons. The van der Waals surface area contributed by atoms with Gasteiger partial charge in [-0.05, 0) is 12.5 Å². The zero-order valence-electron chi connectivity index (χ0n) is 9.54. The molecule has 2 aromatic heterocycles. The van der Waals surface area contributed by atoms with Crippen LogP contribution in [0.2, 0.25) is 0 Å². The molecule has 0 radical (unpaired) electrons. The molecule has 16 heavy (non-hydrogen) atoms. The molecule has 0 amide bonds.